The molecule has 0 amide bonds. The Balaban J connectivity index is 2.22. The van der Waals surface area contributed by atoms with Gasteiger partial charge in [0.1, 0.15) is 5.58 Å². The Kier molecular flexibility index (Phi) is 3.68. The molecule has 118 valence electrons. The van der Waals surface area contributed by atoms with E-state index in [1.165, 1.54) is 5.56 Å². The number of furan rings is 1. The Morgan fingerprint density at radius 3 is 2.35 bits per heavy atom. The number of hydrogen-bond acceptors (Lipinski definition) is 3. The third-order valence-electron chi connectivity index (χ3n) is 4.34. The molecule has 3 aromatic rings. The van der Waals surface area contributed by atoms with E-state index in [0.29, 0.717) is 22.6 Å². The Hall–Kier alpha value is -2.62. The van der Waals surface area contributed by atoms with E-state index in [1.54, 1.807) is 26.2 Å². The third kappa shape index (κ3) is 2.50. The minimum Gasteiger partial charge on any atom is -0.464 e. The van der Waals surface area contributed by atoms with Crippen molar-refractivity contribution in [2.45, 2.75) is 33.6 Å². The van der Waals surface area contributed by atoms with E-state index < -0.39 is 0 Å². The zero-order valence-corrected chi connectivity index (χ0v) is 13.7. The molecule has 23 heavy (non-hydrogen) atoms. The molecule has 0 aliphatic rings. The molecule has 4 heteroatoms. The Morgan fingerprint density at radius 2 is 1.78 bits per heavy atom. The molecule has 0 radical (unpaired) electrons. The van der Waals surface area contributed by atoms with Crippen LogP contribution in [-0.4, -0.2) is 4.92 Å². The molecular formula is C19H19NO3. The molecular weight excluding hydrogens is 290 g/mol. The molecule has 0 unspecified atom stereocenters. The fourth-order valence-corrected chi connectivity index (χ4v) is 3.09. The normalized spacial score (nSPS) is 11.3. The number of nitro benzene ring substituents is 1. The van der Waals surface area contributed by atoms with Crippen molar-refractivity contribution < 1.29 is 9.34 Å². The van der Waals surface area contributed by atoms with Gasteiger partial charge in [-0.2, -0.15) is 0 Å². The van der Waals surface area contributed by atoms with E-state index in [2.05, 4.69) is 26.0 Å². The topological polar surface area (TPSA) is 56.3 Å². The Bertz CT molecular complexity index is 889. The highest BCUT2D eigenvalue weighted by Gasteiger charge is 2.22. The van der Waals surface area contributed by atoms with Crippen LogP contribution in [0.4, 0.5) is 5.69 Å². The lowest BCUT2D eigenvalue weighted by Crippen LogP contribution is -1.95. The molecule has 1 aromatic heterocycles. The van der Waals surface area contributed by atoms with Gasteiger partial charge in [0.2, 0.25) is 0 Å². The molecule has 1 heterocycles. The molecule has 0 N–H and O–H groups in total. The van der Waals surface area contributed by atoms with Crippen molar-refractivity contribution in [2.75, 3.05) is 0 Å². The highest BCUT2D eigenvalue weighted by Crippen LogP contribution is 2.38. The maximum atomic E-state index is 11.4. The minimum atomic E-state index is -0.317. The zero-order chi connectivity index (χ0) is 16.7. The number of rotatable bonds is 3. The highest BCUT2D eigenvalue weighted by molar-refractivity contribution is 5.98. The SMILES string of the molecule is Cc1cc2occ(-c3ccc(C(C)C)cc3)c2c(C)c1[N+](=O)[O-]. The van der Waals surface area contributed by atoms with E-state index in [9.17, 15) is 10.1 Å². The van der Waals surface area contributed by atoms with Crippen LogP contribution in [0.3, 0.4) is 0 Å². The fourth-order valence-electron chi connectivity index (χ4n) is 3.09. The van der Waals surface area contributed by atoms with E-state index in [1.807, 2.05) is 12.1 Å². The van der Waals surface area contributed by atoms with Crippen molar-refractivity contribution >= 4 is 16.7 Å². The second-order valence-corrected chi connectivity index (χ2v) is 6.22. The van der Waals surface area contributed by atoms with Crippen LogP contribution in [0.25, 0.3) is 22.1 Å². The van der Waals surface area contributed by atoms with E-state index in [-0.39, 0.29) is 10.6 Å². The number of fused-ring (bicyclic) bond motifs is 1. The van der Waals surface area contributed by atoms with Gasteiger partial charge in [-0.15, -0.1) is 0 Å². The predicted octanol–water partition coefficient (Wildman–Crippen LogP) is 5.75. The van der Waals surface area contributed by atoms with Crippen LogP contribution in [0.15, 0.2) is 41.0 Å². The van der Waals surface area contributed by atoms with Gasteiger partial charge in [-0.25, -0.2) is 0 Å². The van der Waals surface area contributed by atoms with Crippen LogP contribution in [0, 0.1) is 24.0 Å². The number of aryl methyl sites for hydroxylation is 2. The summed E-state index contributed by atoms with van der Waals surface area (Å²) in [5.74, 6) is 0.468. The minimum absolute atomic E-state index is 0.166. The maximum absolute atomic E-state index is 11.4. The summed E-state index contributed by atoms with van der Waals surface area (Å²) >= 11 is 0. The summed E-state index contributed by atoms with van der Waals surface area (Å²) < 4.78 is 5.65. The number of benzene rings is 2. The summed E-state index contributed by atoms with van der Waals surface area (Å²) in [6.07, 6.45) is 1.69. The van der Waals surface area contributed by atoms with Crippen LogP contribution in [0.2, 0.25) is 0 Å². The maximum Gasteiger partial charge on any atom is 0.276 e. The Morgan fingerprint density at radius 1 is 1.13 bits per heavy atom. The second-order valence-electron chi connectivity index (χ2n) is 6.22. The first-order chi connectivity index (χ1) is 10.9. The summed E-state index contributed by atoms with van der Waals surface area (Å²) in [7, 11) is 0. The lowest BCUT2D eigenvalue weighted by molar-refractivity contribution is -0.385. The largest absolute Gasteiger partial charge is 0.464 e. The molecule has 0 bridgehead atoms. The molecule has 0 spiro atoms. The van der Waals surface area contributed by atoms with E-state index in [4.69, 9.17) is 4.42 Å². The van der Waals surface area contributed by atoms with Crippen molar-refractivity contribution in [3.05, 3.63) is 63.4 Å². The van der Waals surface area contributed by atoms with Gasteiger partial charge >= 0.3 is 0 Å². The van der Waals surface area contributed by atoms with Crippen LogP contribution < -0.4 is 0 Å². The molecule has 0 atom stereocenters. The van der Waals surface area contributed by atoms with Crippen LogP contribution >= 0.6 is 0 Å². The Labute approximate surface area is 134 Å². The lowest BCUT2D eigenvalue weighted by Gasteiger charge is -2.07. The summed E-state index contributed by atoms with van der Waals surface area (Å²) in [6, 6.07) is 10.0. The first-order valence-corrected chi connectivity index (χ1v) is 7.66. The summed E-state index contributed by atoms with van der Waals surface area (Å²) in [5, 5.41) is 12.2. The first-order valence-electron chi connectivity index (χ1n) is 7.66. The highest BCUT2D eigenvalue weighted by atomic mass is 16.6. The molecule has 0 aliphatic carbocycles. The zero-order valence-electron chi connectivity index (χ0n) is 13.7. The lowest BCUT2D eigenvalue weighted by atomic mass is 9.96. The fraction of sp³-hybridized carbons (Fsp3) is 0.263. The smallest absolute Gasteiger partial charge is 0.276 e. The quantitative estimate of drug-likeness (QED) is 0.457. The molecule has 2 aromatic carbocycles. The van der Waals surface area contributed by atoms with Crippen molar-refractivity contribution in [3.63, 3.8) is 0 Å². The van der Waals surface area contributed by atoms with Crippen molar-refractivity contribution in [2.24, 2.45) is 0 Å². The second kappa shape index (κ2) is 5.54. The van der Waals surface area contributed by atoms with Crippen molar-refractivity contribution in [1.29, 1.82) is 0 Å². The van der Waals surface area contributed by atoms with E-state index >= 15 is 0 Å². The summed E-state index contributed by atoms with van der Waals surface area (Å²) in [5.41, 5.74) is 5.30. The van der Waals surface area contributed by atoms with Gasteiger partial charge in [-0.05, 0) is 37.0 Å². The predicted molar refractivity (Wildman–Crippen MR) is 91.9 cm³/mol. The molecule has 0 aliphatic heterocycles. The summed E-state index contributed by atoms with van der Waals surface area (Å²) in [4.78, 5) is 11.0. The van der Waals surface area contributed by atoms with Gasteiger partial charge in [0.25, 0.3) is 5.69 Å². The third-order valence-corrected chi connectivity index (χ3v) is 4.34. The van der Waals surface area contributed by atoms with Crippen molar-refractivity contribution in [1.82, 2.24) is 0 Å². The van der Waals surface area contributed by atoms with Gasteiger partial charge in [0.05, 0.1) is 11.2 Å². The number of nitro groups is 1. The summed E-state index contributed by atoms with van der Waals surface area (Å²) in [6.45, 7) is 7.83. The van der Waals surface area contributed by atoms with Crippen LogP contribution in [0.5, 0.6) is 0 Å². The monoisotopic (exact) mass is 309 g/mol. The van der Waals surface area contributed by atoms with Gasteiger partial charge in [0.15, 0.2) is 0 Å². The van der Waals surface area contributed by atoms with Gasteiger partial charge in [-0.3, -0.25) is 10.1 Å². The molecule has 0 saturated heterocycles. The van der Waals surface area contributed by atoms with Gasteiger partial charge in [-0.1, -0.05) is 38.1 Å². The first kappa shape index (κ1) is 15.3. The molecule has 0 saturated carbocycles. The van der Waals surface area contributed by atoms with Gasteiger partial charge < -0.3 is 4.42 Å². The average molecular weight is 309 g/mol. The van der Waals surface area contributed by atoms with Crippen LogP contribution in [0.1, 0.15) is 36.5 Å². The average Bonchev–Trinajstić information content (AvgIpc) is 2.90. The van der Waals surface area contributed by atoms with E-state index in [0.717, 1.165) is 16.5 Å². The number of nitrogens with zero attached hydrogens (tertiary/aromatic N) is 1. The van der Waals surface area contributed by atoms with Crippen LogP contribution in [-0.2, 0) is 0 Å². The molecule has 4 nitrogen and oxygen atoms in total. The molecule has 0 fully saturated rings. The standard InChI is InChI=1S/C19H19NO3/c1-11(2)14-5-7-15(8-6-14)16-10-23-17-9-12(3)19(20(21)22)13(4)18(16)17/h5-11H,1-4H3. The van der Waals surface area contributed by atoms with Crippen molar-refractivity contribution in [3.8, 4) is 11.1 Å². The molecule has 3 rings (SSSR count). The number of hydrogen-bond donors (Lipinski definition) is 0. The van der Waals surface area contributed by atoms with Gasteiger partial charge in [0, 0.05) is 22.1 Å².